The van der Waals surface area contributed by atoms with E-state index in [9.17, 15) is 8.42 Å². The smallest absolute Gasteiger partial charge is 0.218 e. The molecule has 25 heavy (non-hydrogen) atoms. The van der Waals surface area contributed by atoms with Gasteiger partial charge in [-0.1, -0.05) is 42.5 Å². The van der Waals surface area contributed by atoms with Crippen molar-refractivity contribution in [2.24, 2.45) is 7.05 Å². The number of hydrogen-bond acceptors (Lipinski definition) is 3. The normalized spacial score (nSPS) is 18.8. The fraction of sp³-hybridized carbons (Fsp3) is 0.316. The lowest BCUT2D eigenvalue weighted by Gasteiger charge is -2.16. The lowest BCUT2D eigenvalue weighted by Crippen LogP contribution is -2.30. The second-order valence-electron chi connectivity index (χ2n) is 6.60. The number of benzene rings is 2. The Labute approximate surface area is 148 Å². The van der Waals surface area contributed by atoms with Crippen molar-refractivity contribution in [2.75, 3.05) is 13.1 Å². The van der Waals surface area contributed by atoms with Crippen LogP contribution in [0.4, 0.5) is 0 Å². The van der Waals surface area contributed by atoms with Crippen LogP contribution in [0, 0.1) is 0 Å². The molecule has 1 saturated heterocycles. The molecule has 4 rings (SSSR count). The van der Waals surface area contributed by atoms with Gasteiger partial charge in [0.05, 0.1) is 16.8 Å². The first-order valence-electron chi connectivity index (χ1n) is 8.48. The third kappa shape index (κ3) is 3.07. The summed E-state index contributed by atoms with van der Waals surface area (Å²) < 4.78 is 29.2. The van der Waals surface area contributed by atoms with Crippen LogP contribution in [0.1, 0.15) is 23.7 Å². The molecule has 1 aliphatic heterocycles. The van der Waals surface area contributed by atoms with Gasteiger partial charge < -0.3 is 4.57 Å². The zero-order valence-corrected chi connectivity index (χ0v) is 15.0. The molecule has 0 amide bonds. The number of fused-ring (bicyclic) bond motifs is 1. The number of aryl methyl sites for hydroxylation is 1. The van der Waals surface area contributed by atoms with Gasteiger partial charge in [-0.3, -0.25) is 0 Å². The molecule has 1 aliphatic rings. The Morgan fingerprint density at radius 3 is 2.56 bits per heavy atom. The Morgan fingerprint density at radius 2 is 1.80 bits per heavy atom. The van der Waals surface area contributed by atoms with E-state index in [0.29, 0.717) is 13.1 Å². The van der Waals surface area contributed by atoms with E-state index in [0.717, 1.165) is 28.8 Å². The molecule has 0 aliphatic carbocycles. The lowest BCUT2D eigenvalue weighted by atomic mass is 10.1. The highest BCUT2D eigenvalue weighted by atomic mass is 32.2. The van der Waals surface area contributed by atoms with E-state index in [2.05, 4.69) is 4.57 Å². The predicted octanol–water partition coefficient (Wildman–Crippen LogP) is 2.89. The summed E-state index contributed by atoms with van der Waals surface area (Å²) in [6.45, 7) is 1.06. The molecule has 6 heteroatoms. The minimum absolute atomic E-state index is 0.0586. The summed E-state index contributed by atoms with van der Waals surface area (Å²) in [5, 5.41) is 0. The van der Waals surface area contributed by atoms with E-state index in [1.807, 2.05) is 61.6 Å². The molecule has 0 bridgehead atoms. The largest absolute Gasteiger partial charge is 0.331 e. The van der Waals surface area contributed by atoms with Crippen molar-refractivity contribution in [3.05, 3.63) is 66.0 Å². The van der Waals surface area contributed by atoms with Crippen LogP contribution in [0.25, 0.3) is 11.0 Å². The van der Waals surface area contributed by atoms with Crippen LogP contribution < -0.4 is 0 Å². The molecule has 130 valence electrons. The molecule has 0 N–H and O–H groups in total. The topological polar surface area (TPSA) is 55.2 Å². The second kappa shape index (κ2) is 6.28. The molecule has 0 spiro atoms. The average molecular weight is 355 g/mol. The van der Waals surface area contributed by atoms with Crippen molar-refractivity contribution in [1.29, 1.82) is 0 Å². The average Bonchev–Trinajstić information content (AvgIpc) is 3.21. The summed E-state index contributed by atoms with van der Waals surface area (Å²) in [5.41, 5.74) is 2.88. The van der Waals surface area contributed by atoms with Gasteiger partial charge in [-0.15, -0.1) is 0 Å². The first kappa shape index (κ1) is 16.3. The van der Waals surface area contributed by atoms with Crippen molar-refractivity contribution in [3.63, 3.8) is 0 Å². The third-order valence-corrected chi connectivity index (χ3v) is 6.74. The fourth-order valence-corrected chi connectivity index (χ4v) is 5.18. The Balaban J connectivity index is 1.55. The summed E-state index contributed by atoms with van der Waals surface area (Å²) in [4.78, 5) is 4.74. The van der Waals surface area contributed by atoms with E-state index in [4.69, 9.17) is 4.98 Å². The monoisotopic (exact) mass is 355 g/mol. The van der Waals surface area contributed by atoms with Crippen molar-refractivity contribution >= 4 is 21.1 Å². The quantitative estimate of drug-likeness (QED) is 0.723. The number of sulfonamides is 1. The van der Waals surface area contributed by atoms with Gasteiger partial charge in [0.15, 0.2) is 0 Å². The first-order valence-corrected chi connectivity index (χ1v) is 10.1. The van der Waals surface area contributed by atoms with Crippen LogP contribution in [0.15, 0.2) is 54.6 Å². The van der Waals surface area contributed by atoms with E-state index >= 15 is 0 Å². The number of hydrogen-bond donors (Lipinski definition) is 0. The van der Waals surface area contributed by atoms with Gasteiger partial charge in [0.1, 0.15) is 5.82 Å². The number of imidazole rings is 1. The van der Waals surface area contributed by atoms with Crippen LogP contribution in [0.5, 0.6) is 0 Å². The maximum absolute atomic E-state index is 12.7. The molecule has 1 fully saturated rings. The Morgan fingerprint density at radius 1 is 1.08 bits per heavy atom. The molecule has 5 nitrogen and oxygen atoms in total. The molecule has 2 aromatic carbocycles. The van der Waals surface area contributed by atoms with Gasteiger partial charge in [-0.2, -0.15) is 0 Å². The van der Waals surface area contributed by atoms with Gasteiger partial charge in [-0.25, -0.2) is 17.7 Å². The highest BCUT2D eigenvalue weighted by Crippen LogP contribution is 2.31. The zero-order chi connectivity index (χ0) is 17.4. The molecule has 1 atom stereocenters. The molecule has 0 saturated carbocycles. The molecular formula is C19H21N3O2S. The molecule has 1 unspecified atom stereocenters. The number of rotatable bonds is 4. The van der Waals surface area contributed by atoms with Crippen molar-refractivity contribution in [2.45, 2.75) is 18.1 Å². The van der Waals surface area contributed by atoms with Crippen molar-refractivity contribution in [1.82, 2.24) is 13.9 Å². The molecule has 1 aromatic heterocycles. The minimum Gasteiger partial charge on any atom is -0.331 e. The number of nitrogens with zero attached hydrogens (tertiary/aromatic N) is 3. The SMILES string of the molecule is Cn1c(C2CCN(S(=O)(=O)Cc3ccccc3)C2)nc2ccccc21. The van der Waals surface area contributed by atoms with Crippen molar-refractivity contribution in [3.8, 4) is 0 Å². The third-order valence-electron chi connectivity index (χ3n) is 4.92. The van der Waals surface area contributed by atoms with E-state index in [1.54, 1.807) is 4.31 Å². The van der Waals surface area contributed by atoms with Crippen LogP contribution in [0.2, 0.25) is 0 Å². The summed E-state index contributed by atoms with van der Waals surface area (Å²) in [6, 6.07) is 17.4. The summed E-state index contributed by atoms with van der Waals surface area (Å²) in [5.74, 6) is 1.17. The van der Waals surface area contributed by atoms with E-state index in [1.165, 1.54) is 0 Å². The number of aromatic nitrogens is 2. The highest BCUT2D eigenvalue weighted by molar-refractivity contribution is 7.88. The van der Waals surface area contributed by atoms with Gasteiger partial charge in [0.2, 0.25) is 10.0 Å². The van der Waals surface area contributed by atoms with Crippen LogP contribution in [0.3, 0.4) is 0 Å². The summed E-state index contributed by atoms with van der Waals surface area (Å²) in [6.07, 6.45) is 0.811. The van der Waals surface area contributed by atoms with E-state index in [-0.39, 0.29) is 11.7 Å². The molecule has 3 aromatic rings. The van der Waals surface area contributed by atoms with Gasteiger partial charge in [0, 0.05) is 26.1 Å². The second-order valence-corrected chi connectivity index (χ2v) is 8.57. The lowest BCUT2D eigenvalue weighted by molar-refractivity contribution is 0.469. The maximum Gasteiger partial charge on any atom is 0.218 e. The summed E-state index contributed by atoms with van der Waals surface area (Å²) in [7, 11) is -1.29. The van der Waals surface area contributed by atoms with Crippen LogP contribution in [-0.2, 0) is 22.8 Å². The molecule has 2 heterocycles. The zero-order valence-electron chi connectivity index (χ0n) is 14.2. The number of para-hydroxylation sites is 2. The Bertz CT molecular complexity index is 996. The standard InChI is InChI=1S/C19H21N3O2S/c1-21-18-10-6-5-9-17(18)20-19(21)16-11-12-22(13-16)25(23,24)14-15-7-3-2-4-8-15/h2-10,16H,11-14H2,1H3. The van der Waals surface area contributed by atoms with Crippen LogP contribution in [-0.4, -0.2) is 35.4 Å². The summed E-state index contributed by atoms with van der Waals surface area (Å²) >= 11 is 0. The van der Waals surface area contributed by atoms with Gasteiger partial charge in [-0.05, 0) is 24.1 Å². The molecular weight excluding hydrogens is 334 g/mol. The van der Waals surface area contributed by atoms with Gasteiger partial charge >= 0.3 is 0 Å². The van der Waals surface area contributed by atoms with Gasteiger partial charge in [0.25, 0.3) is 0 Å². The highest BCUT2D eigenvalue weighted by Gasteiger charge is 2.34. The predicted molar refractivity (Wildman–Crippen MR) is 98.7 cm³/mol. The Hall–Kier alpha value is -2.18. The fourth-order valence-electron chi connectivity index (χ4n) is 3.60. The minimum atomic E-state index is -3.30. The Kier molecular flexibility index (Phi) is 4.09. The van der Waals surface area contributed by atoms with Crippen LogP contribution >= 0.6 is 0 Å². The first-order chi connectivity index (χ1) is 12.0. The molecule has 0 radical (unpaired) electrons. The van der Waals surface area contributed by atoms with Crippen molar-refractivity contribution < 1.29 is 8.42 Å². The van der Waals surface area contributed by atoms with E-state index < -0.39 is 10.0 Å². The maximum atomic E-state index is 12.7.